The number of amides is 1. The number of nitrogens with two attached hydrogens (primary N) is 1. The van der Waals surface area contributed by atoms with Crippen molar-refractivity contribution in [1.82, 2.24) is 19.8 Å². The number of aromatic nitrogens is 2. The van der Waals surface area contributed by atoms with Crippen LogP contribution in [-0.2, 0) is 4.79 Å². The molecule has 1 saturated carbocycles. The number of ether oxygens (including phenoxy) is 1. The van der Waals surface area contributed by atoms with Gasteiger partial charge in [-0.15, -0.1) is 11.3 Å². The van der Waals surface area contributed by atoms with Gasteiger partial charge in [-0.3, -0.25) is 9.69 Å². The zero-order valence-corrected chi connectivity index (χ0v) is 28.7. The van der Waals surface area contributed by atoms with Crippen molar-refractivity contribution in [2.45, 2.75) is 57.3 Å². The Morgan fingerprint density at radius 3 is 2.69 bits per heavy atom. The summed E-state index contributed by atoms with van der Waals surface area (Å²) in [4.78, 5) is 28.3. The van der Waals surface area contributed by atoms with E-state index in [9.17, 15) is 18.8 Å². The molecule has 4 aromatic rings. The zero-order valence-electron chi connectivity index (χ0n) is 27.1. The number of likely N-dealkylation sites (N-methyl/N-ethyl adjacent to an activating group) is 1. The van der Waals surface area contributed by atoms with E-state index in [1.165, 1.54) is 12.1 Å². The summed E-state index contributed by atoms with van der Waals surface area (Å²) < 4.78 is 52.1. The molecule has 2 aromatic carbocycles. The number of nitriles is 1. The fraction of sp³-hybridized carbons (Fsp3) is 0.486. The van der Waals surface area contributed by atoms with E-state index in [0.29, 0.717) is 43.8 Å². The van der Waals surface area contributed by atoms with Crippen molar-refractivity contribution in [3.63, 3.8) is 0 Å². The molecule has 2 N–H and O–H groups in total. The summed E-state index contributed by atoms with van der Waals surface area (Å²) >= 11 is 7.81. The van der Waals surface area contributed by atoms with Crippen LogP contribution < -0.4 is 15.4 Å². The van der Waals surface area contributed by atoms with E-state index in [4.69, 9.17) is 27.1 Å². The number of benzene rings is 2. The minimum Gasteiger partial charge on any atom is -0.459 e. The van der Waals surface area contributed by atoms with Crippen LogP contribution in [0, 0.1) is 34.3 Å². The number of carbonyl (C=O) groups excluding carboxylic acids is 1. The summed E-state index contributed by atoms with van der Waals surface area (Å²) in [6, 6.07) is 6.44. The Balaban J connectivity index is 1.23. The van der Waals surface area contributed by atoms with Crippen LogP contribution in [0.1, 0.15) is 44.6 Å². The number of thiophene rings is 1. The zero-order chi connectivity index (χ0) is 34.4. The molecule has 5 heterocycles. The van der Waals surface area contributed by atoms with E-state index in [1.54, 1.807) is 11.0 Å². The van der Waals surface area contributed by atoms with E-state index in [0.717, 1.165) is 43.6 Å². The van der Waals surface area contributed by atoms with Gasteiger partial charge in [0.15, 0.2) is 5.82 Å². The molecule has 9 nitrogen and oxygen atoms in total. The fourth-order valence-corrected chi connectivity index (χ4v) is 9.45. The molecule has 3 saturated heterocycles. The molecule has 14 heteroatoms. The number of piperidine rings is 1. The van der Waals surface area contributed by atoms with Gasteiger partial charge in [0.05, 0.1) is 21.2 Å². The molecule has 1 aliphatic carbocycles. The van der Waals surface area contributed by atoms with E-state index in [1.807, 2.05) is 20.0 Å². The molecule has 4 atom stereocenters. The third kappa shape index (κ3) is 5.34. The average Bonchev–Trinajstić information content (AvgIpc) is 3.46. The van der Waals surface area contributed by atoms with Gasteiger partial charge in [0.2, 0.25) is 5.91 Å². The number of alkyl halides is 1. The predicted molar refractivity (Wildman–Crippen MR) is 184 cm³/mol. The molecule has 4 fully saturated rings. The lowest BCUT2D eigenvalue weighted by Gasteiger charge is -2.55. The van der Waals surface area contributed by atoms with Crippen LogP contribution in [0.5, 0.6) is 6.01 Å². The van der Waals surface area contributed by atoms with Gasteiger partial charge in [0.25, 0.3) is 0 Å². The molecule has 256 valence electrons. The molecule has 1 amide bonds. The number of fused-ring (bicyclic) bond motifs is 2. The fourth-order valence-electron chi connectivity index (χ4n) is 8.20. The molecule has 8 rings (SSSR count). The summed E-state index contributed by atoms with van der Waals surface area (Å²) in [6.07, 6.45) is 2.70. The van der Waals surface area contributed by atoms with Gasteiger partial charge in [-0.1, -0.05) is 17.7 Å². The molecule has 0 radical (unpaired) electrons. The molecule has 0 unspecified atom stereocenters. The summed E-state index contributed by atoms with van der Waals surface area (Å²) in [5.74, 6) is -1.48. The van der Waals surface area contributed by atoms with Gasteiger partial charge >= 0.3 is 6.01 Å². The Morgan fingerprint density at radius 1 is 1.22 bits per heavy atom. The number of likely N-dealkylation sites (tertiary alicyclic amines) is 2. The predicted octanol–water partition coefficient (Wildman–Crippen LogP) is 6.55. The SMILES string of the molecule is C[C@H](Oc1nc(N2CCCC3(CN(C(=O)[C@@H]4C[C@H]4F)C3)C2)c2cc(Cl)c(-c3ccc(F)c4sc(N)c(C#N)c34)c(F)c2n1)[C@@H]1CCCN1C. The normalized spacial score (nSPS) is 24.0. The van der Waals surface area contributed by atoms with Crippen molar-refractivity contribution in [2.75, 3.05) is 50.4 Å². The van der Waals surface area contributed by atoms with Crippen molar-refractivity contribution in [3.05, 3.63) is 40.4 Å². The minimum absolute atomic E-state index is 0.0154. The first kappa shape index (κ1) is 32.4. The Morgan fingerprint density at radius 2 is 2.00 bits per heavy atom. The molecule has 2 aromatic heterocycles. The van der Waals surface area contributed by atoms with Crippen molar-refractivity contribution < 1.29 is 22.7 Å². The second-order valence-corrected chi connectivity index (χ2v) is 15.6. The largest absolute Gasteiger partial charge is 0.459 e. The summed E-state index contributed by atoms with van der Waals surface area (Å²) in [5, 5.41) is 10.6. The molecule has 1 spiro atoms. The maximum Gasteiger partial charge on any atom is 0.319 e. The van der Waals surface area contributed by atoms with Gasteiger partial charge in [-0.2, -0.15) is 15.2 Å². The number of hydrogen-bond donors (Lipinski definition) is 1. The summed E-state index contributed by atoms with van der Waals surface area (Å²) in [6.45, 7) is 5.18. The van der Waals surface area contributed by atoms with Crippen LogP contribution in [0.3, 0.4) is 0 Å². The number of halogens is 4. The van der Waals surface area contributed by atoms with Crippen molar-refractivity contribution >= 4 is 60.7 Å². The average molecular weight is 710 g/mol. The van der Waals surface area contributed by atoms with Gasteiger partial charge in [0, 0.05) is 54.0 Å². The van der Waals surface area contributed by atoms with Gasteiger partial charge in [-0.25, -0.2) is 13.2 Å². The van der Waals surface area contributed by atoms with Gasteiger partial charge in [-0.05, 0) is 70.3 Å². The first-order valence-corrected chi connectivity index (χ1v) is 17.8. The van der Waals surface area contributed by atoms with Crippen LogP contribution in [0.25, 0.3) is 32.1 Å². The third-order valence-electron chi connectivity index (χ3n) is 10.8. The van der Waals surface area contributed by atoms with Crippen LogP contribution in [-0.4, -0.2) is 83.8 Å². The second-order valence-electron chi connectivity index (χ2n) is 14.1. The number of hydrogen-bond acceptors (Lipinski definition) is 9. The minimum atomic E-state index is -1.04. The highest BCUT2D eigenvalue weighted by atomic mass is 35.5. The topological polar surface area (TPSA) is 112 Å². The number of carbonyl (C=O) groups is 1. The number of nitrogen functional groups attached to an aromatic ring is 1. The second kappa shape index (κ2) is 11.9. The molecule has 3 aliphatic heterocycles. The number of nitrogens with zero attached hydrogens (tertiary/aromatic N) is 6. The molecule has 4 aliphatic rings. The Kier molecular flexibility index (Phi) is 7.85. The Bertz CT molecular complexity index is 2060. The molecule has 49 heavy (non-hydrogen) atoms. The Hall–Kier alpha value is -3.86. The van der Waals surface area contributed by atoms with E-state index >= 15 is 4.39 Å². The molecular weight excluding hydrogens is 675 g/mol. The number of anilines is 2. The van der Waals surface area contributed by atoms with Gasteiger partial charge in [0.1, 0.15) is 40.5 Å². The van der Waals surface area contributed by atoms with E-state index < -0.39 is 23.7 Å². The van der Waals surface area contributed by atoms with Crippen molar-refractivity contribution in [3.8, 4) is 23.2 Å². The first-order valence-electron chi connectivity index (χ1n) is 16.6. The maximum absolute atomic E-state index is 17.1. The van der Waals surface area contributed by atoms with Crippen LogP contribution in [0.2, 0.25) is 5.02 Å². The maximum atomic E-state index is 17.1. The summed E-state index contributed by atoms with van der Waals surface area (Å²) in [5.41, 5.74) is 6.14. The first-order chi connectivity index (χ1) is 23.5. The lowest BCUT2D eigenvalue weighted by molar-refractivity contribution is -0.145. The summed E-state index contributed by atoms with van der Waals surface area (Å²) in [7, 11) is 2.05. The van der Waals surface area contributed by atoms with Crippen molar-refractivity contribution in [1.29, 1.82) is 5.26 Å². The van der Waals surface area contributed by atoms with Crippen LogP contribution in [0.4, 0.5) is 24.0 Å². The lowest BCUT2D eigenvalue weighted by Crippen LogP contribution is -2.64. The van der Waals surface area contributed by atoms with E-state index in [-0.39, 0.29) is 71.8 Å². The molecule has 0 bridgehead atoms. The monoisotopic (exact) mass is 709 g/mol. The highest BCUT2D eigenvalue weighted by Gasteiger charge is 2.53. The smallest absolute Gasteiger partial charge is 0.319 e. The van der Waals surface area contributed by atoms with Crippen LogP contribution in [0.15, 0.2) is 18.2 Å². The van der Waals surface area contributed by atoms with Crippen LogP contribution >= 0.6 is 22.9 Å². The third-order valence-corrected chi connectivity index (χ3v) is 12.1. The quantitative estimate of drug-likeness (QED) is 0.240. The standard InChI is InChI=1S/C35H35ClF3N7O2S/c1-17(25-5-3-9-44(25)2)48-34-42-29-20(32(43-34)45-10-4-8-35(14-45)15-46(16-35)33(47)19-12-24(19)38)11-22(36)27(28(29)39)18-6-7-23(37)30-26(18)21(13-40)31(41)49-30/h6-7,11,17,19,24-25H,3-5,8-10,12,14-16,41H2,1-2H3/t17-,19+,24+,25-/m0/s1. The molecular formula is C35H35ClF3N7O2S. The van der Waals surface area contributed by atoms with Gasteiger partial charge < -0.3 is 20.3 Å². The van der Waals surface area contributed by atoms with E-state index in [2.05, 4.69) is 14.8 Å². The lowest BCUT2D eigenvalue weighted by atomic mass is 9.73. The number of rotatable bonds is 6. The van der Waals surface area contributed by atoms with Crippen molar-refractivity contribution in [2.24, 2.45) is 11.3 Å². The Labute approximate surface area is 290 Å². The highest BCUT2D eigenvalue weighted by molar-refractivity contribution is 7.23. The highest BCUT2D eigenvalue weighted by Crippen LogP contribution is 2.48.